The summed E-state index contributed by atoms with van der Waals surface area (Å²) in [5, 5.41) is 30.8. The van der Waals surface area contributed by atoms with Crippen LogP contribution in [0.15, 0.2) is 6.20 Å². The molecule has 17 heavy (non-hydrogen) atoms. The zero-order chi connectivity index (χ0) is 12.3. The van der Waals surface area contributed by atoms with Crippen LogP contribution in [0.3, 0.4) is 0 Å². The van der Waals surface area contributed by atoms with Gasteiger partial charge in [-0.3, -0.25) is 4.79 Å². The van der Waals surface area contributed by atoms with Crippen LogP contribution in [0.2, 0.25) is 0 Å². The largest absolute Gasteiger partial charge is 0.394 e. The summed E-state index contributed by atoms with van der Waals surface area (Å²) >= 11 is 0. The van der Waals surface area contributed by atoms with Crippen molar-refractivity contribution in [3.05, 3.63) is 11.9 Å². The Morgan fingerprint density at radius 2 is 2.47 bits per heavy atom. The quantitative estimate of drug-likeness (QED) is 0.453. The minimum atomic E-state index is -0.954. The van der Waals surface area contributed by atoms with Gasteiger partial charge in [0, 0.05) is 19.6 Å². The Kier molecular flexibility index (Phi) is 3.67. The van der Waals surface area contributed by atoms with Crippen LogP contribution in [-0.4, -0.2) is 63.5 Å². The van der Waals surface area contributed by atoms with Gasteiger partial charge in [0.1, 0.15) is 0 Å². The zero-order valence-corrected chi connectivity index (χ0v) is 9.20. The van der Waals surface area contributed by atoms with Gasteiger partial charge in [0.25, 0.3) is 5.91 Å². The maximum atomic E-state index is 11.6. The van der Waals surface area contributed by atoms with Crippen LogP contribution >= 0.6 is 0 Å². The summed E-state index contributed by atoms with van der Waals surface area (Å²) in [7, 11) is 0. The molecule has 94 valence electrons. The topological polar surface area (TPSA) is 112 Å². The van der Waals surface area contributed by atoms with E-state index in [9.17, 15) is 4.79 Å². The molecular weight excluding hydrogens is 226 g/mol. The van der Waals surface area contributed by atoms with Crippen molar-refractivity contribution < 1.29 is 15.0 Å². The Morgan fingerprint density at radius 3 is 3.06 bits per heavy atom. The van der Waals surface area contributed by atoms with Crippen LogP contribution in [0, 0.1) is 0 Å². The number of hydrogen-bond donors (Lipinski definition) is 4. The van der Waals surface area contributed by atoms with Crippen molar-refractivity contribution in [1.29, 1.82) is 0 Å². The second-order valence-electron chi connectivity index (χ2n) is 3.94. The van der Waals surface area contributed by atoms with E-state index >= 15 is 0 Å². The van der Waals surface area contributed by atoms with Crippen molar-refractivity contribution in [3.8, 4) is 0 Å². The summed E-state index contributed by atoms with van der Waals surface area (Å²) in [6.45, 7) is 1.26. The normalized spacial score (nSPS) is 17.5. The van der Waals surface area contributed by atoms with Crippen molar-refractivity contribution in [1.82, 2.24) is 25.6 Å². The molecule has 0 bridgehead atoms. The molecule has 4 N–H and O–H groups in total. The maximum Gasteiger partial charge on any atom is 0.273 e. The smallest absolute Gasteiger partial charge is 0.273 e. The third-order valence-electron chi connectivity index (χ3n) is 2.59. The molecule has 0 radical (unpaired) electrons. The summed E-state index contributed by atoms with van der Waals surface area (Å²) in [5.74, 6) is -0.406. The lowest BCUT2D eigenvalue weighted by atomic mass is 10.2. The first kappa shape index (κ1) is 12.0. The fraction of sp³-hybridized carbons (Fsp3) is 0.667. The van der Waals surface area contributed by atoms with E-state index in [4.69, 9.17) is 10.2 Å². The van der Waals surface area contributed by atoms with E-state index in [2.05, 4.69) is 20.9 Å². The van der Waals surface area contributed by atoms with E-state index in [1.54, 1.807) is 10.9 Å². The Labute approximate surface area is 97.6 Å². The molecule has 1 aliphatic rings. The van der Waals surface area contributed by atoms with Crippen LogP contribution in [0.5, 0.6) is 0 Å². The van der Waals surface area contributed by atoms with Crippen molar-refractivity contribution in [2.24, 2.45) is 0 Å². The predicted octanol–water partition coefficient (Wildman–Crippen LogP) is -2.49. The monoisotopic (exact) mass is 241 g/mol. The fourth-order valence-electron chi connectivity index (χ4n) is 1.39. The van der Waals surface area contributed by atoms with Crippen molar-refractivity contribution in [2.75, 3.05) is 26.2 Å². The molecule has 8 nitrogen and oxygen atoms in total. The highest BCUT2D eigenvalue weighted by Gasteiger charge is 2.21. The van der Waals surface area contributed by atoms with E-state index < -0.39 is 12.0 Å². The van der Waals surface area contributed by atoms with Crippen LogP contribution in [-0.2, 0) is 0 Å². The molecule has 0 aliphatic carbocycles. The standard InChI is InChI=1S/C9H15N5O3/c15-5-7(16)3-11-9(17)8-4-14(13-12-8)6-1-10-2-6/h4,6-7,10,15-16H,1-3,5H2,(H,11,17). The van der Waals surface area contributed by atoms with E-state index in [1.807, 2.05) is 0 Å². The molecule has 1 saturated heterocycles. The number of amides is 1. The van der Waals surface area contributed by atoms with Gasteiger partial charge in [0.2, 0.25) is 0 Å². The number of aliphatic hydroxyl groups excluding tert-OH is 2. The van der Waals surface area contributed by atoms with Crippen molar-refractivity contribution >= 4 is 5.91 Å². The highest BCUT2D eigenvalue weighted by Crippen LogP contribution is 2.09. The Bertz CT molecular complexity index is 390. The molecular formula is C9H15N5O3. The highest BCUT2D eigenvalue weighted by atomic mass is 16.3. The van der Waals surface area contributed by atoms with Gasteiger partial charge in [-0.25, -0.2) is 4.68 Å². The molecule has 1 atom stereocenters. The first-order chi connectivity index (χ1) is 8.20. The second kappa shape index (κ2) is 5.21. The number of aromatic nitrogens is 3. The number of carbonyl (C=O) groups excluding carboxylic acids is 1. The van der Waals surface area contributed by atoms with Crippen molar-refractivity contribution in [3.63, 3.8) is 0 Å². The SMILES string of the molecule is O=C(NCC(O)CO)c1cn(C2CNC2)nn1. The Hall–Kier alpha value is -1.51. The number of aliphatic hydroxyl groups is 2. The lowest BCUT2D eigenvalue weighted by Crippen LogP contribution is -2.43. The zero-order valence-electron chi connectivity index (χ0n) is 9.20. The molecule has 2 heterocycles. The average Bonchev–Trinajstić information content (AvgIpc) is 2.72. The number of rotatable bonds is 5. The Balaban J connectivity index is 1.88. The van der Waals surface area contributed by atoms with E-state index in [0.717, 1.165) is 13.1 Å². The average molecular weight is 241 g/mol. The second-order valence-corrected chi connectivity index (χ2v) is 3.94. The molecule has 1 aromatic rings. The lowest BCUT2D eigenvalue weighted by Gasteiger charge is -2.26. The number of carbonyl (C=O) groups is 1. The summed E-state index contributed by atoms with van der Waals surface area (Å²) in [6.07, 6.45) is 0.622. The van der Waals surface area contributed by atoms with Crippen LogP contribution in [0.1, 0.15) is 16.5 Å². The first-order valence-electron chi connectivity index (χ1n) is 5.40. The predicted molar refractivity (Wildman–Crippen MR) is 57.4 cm³/mol. The van der Waals surface area contributed by atoms with Gasteiger partial charge in [-0.2, -0.15) is 0 Å². The van der Waals surface area contributed by atoms with Crippen molar-refractivity contribution in [2.45, 2.75) is 12.1 Å². The summed E-state index contributed by atoms with van der Waals surface area (Å²) < 4.78 is 1.65. The summed E-state index contributed by atoms with van der Waals surface area (Å²) in [6, 6.07) is 0.257. The van der Waals surface area contributed by atoms with Crippen LogP contribution in [0.4, 0.5) is 0 Å². The minimum absolute atomic E-state index is 0.00677. The Morgan fingerprint density at radius 1 is 1.71 bits per heavy atom. The molecule has 1 aromatic heterocycles. The third kappa shape index (κ3) is 2.78. The first-order valence-corrected chi connectivity index (χ1v) is 5.40. The highest BCUT2D eigenvalue weighted by molar-refractivity contribution is 5.91. The van der Waals surface area contributed by atoms with Gasteiger partial charge < -0.3 is 20.8 Å². The molecule has 1 unspecified atom stereocenters. The van der Waals surface area contributed by atoms with Gasteiger partial charge in [-0.1, -0.05) is 5.21 Å². The lowest BCUT2D eigenvalue weighted by molar-refractivity contribution is 0.0798. The molecule has 0 aromatic carbocycles. The minimum Gasteiger partial charge on any atom is -0.394 e. The van der Waals surface area contributed by atoms with Gasteiger partial charge in [-0.15, -0.1) is 5.10 Å². The van der Waals surface area contributed by atoms with E-state index in [-0.39, 0.29) is 24.9 Å². The number of hydrogen-bond acceptors (Lipinski definition) is 6. The molecule has 8 heteroatoms. The maximum absolute atomic E-state index is 11.6. The number of nitrogens with zero attached hydrogens (tertiary/aromatic N) is 3. The fourth-order valence-corrected chi connectivity index (χ4v) is 1.39. The number of nitrogens with one attached hydrogen (secondary N) is 2. The molecule has 1 fully saturated rings. The summed E-state index contributed by atoms with van der Waals surface area (Å²) in [5.41, 5.74) is 0.210. The van der Waals surface area contributed by atoms with E-state index in [0.29, 0.717) is 0 Å². The molecule has 2 rings (SSSR count). The van der Waals surface area contributed by atoms with Crippen LogP contribution in [0.25, 0.3) is 0 Å². The summed E-state index contributed by atoms with van der Waals surface area (Å²) in [4.78, 5) is 11.6. The van der Waals surface area contributed by atoms with E-state index in [1.165, 1.54) is 0 Å². The van der Waals surface area contributed by atoms with Gasteiger partial charge >= 0.3 is 0 Å². The molecule has 0 spiro atoms. The molecule has 1 aliphatic heterocycles. The third-order valence-corrected chi connectivity index (χ3v) is 2.59. The molecule has 0 saturated carbocycles. The van der Waals surface area contributed by atoms with Gasteiger partial charge in [0.05, 0.1) is 24.9 Å². The van der Waals surface area contributed by atoms with Crippen LogP contribution < -0.4 is 10.6 Å². The van der Waals surface area contributed by atoms with Gasteiger partial charge in [0.15, 0.2) is 5.69 Å². The molecule has 1 amide bonds. The van der Waals surface area contributed by atoms with Gasteiger partial charge in [-0.05, 0) is 0 Å².